The van der Waals surface area contributed by atoms with Gasteiger partial charge in [0.1, 0.15) is 0 Å². The lowest BCUT2D eigenvalue weighted by atomic mass is 10.0. The molecule has 23 heavy (non-hydrogen) atoms. The van der Waals surface area contributed by atoms with E-state index in [1.165, 1.54) is 32.0 Å². The number of carbonyl (C=O) groups excluding carboxylic acids is 1. The predicted molar refractivity (Wildman–Crippen MR) is 85.7 cm³/mol. The Balaban J connectivity index is 0.000000398. The molecule has 8 nitrogen and oxygen atoms in total. The fourth-order valence-electron chi connectivity index (χ4n) is 1.70. The second-order valence-corrected chi connectivity index (χ2v) is 4.70. The quantitative estimate of drug-likeness (QED) is 0.517. The Morgan fingerprint density at radius 2 is 1.26 bits per heavy atom. The van der Waals surface area contributed by atoms with Gasteiger partial charge in [-0.1, -0.05) is 6.07 Å². The molecule has 1 heterocycles. The summed E-state index contributed by atoms with van der Waals surface area (Å²) < 4.78 is 0. The summed E-state index contributed by atoms with van der Waals surface area (Å²) >= 11 is 0. The fourth-order valence-corrected chi connectivity index (χ4v) is 1.70. The number of amides is 1. The minimum absolute atomic E-state index is 0.0277. The van der Waals surface area contributed by atoms with Crippen LogP contribution in [0.4, 0.5) is 0 Å². The third-order valence-electron chi connectivity index (χ3n) is 2.75. The molecule has 0 saturated carbocycles. The van der Waals surface area contributed by atoms with Crippen molar-refractivity contribution in [1.82, 2.24) is 10.6 Å². The molecule has 1 aliphatic rings. The third kappa shape index (κ3) is 9.22. The highest BCUT2D eigenvalue weighted by molar-refractivity contribution is 5.96. The summed E-state index contributed by atoms with van der Waals surface area (Å²) in [6.07, 6.45) is 0. The summed E-state index contributed by atoms with van der Waals surface area (Å²) in [6.45, 7) is 7.34. The van der Waals surface area contributed by atoms with Crippen molar-refractivity contribution in [2.75, 3.05) is 26.2 Å². The standard InChI is InChI=1S/C9H8O4.C4H10N2.C2H5NO/c1-5-6(8(10)11)3-2-4-7(5)9(12)13;1-2-6-4-3-5-1;1-2(3)4/h2-4H,1H3,(H,10,11)(H,12,13);5-6H,1-4H2;1H3,(H2,3,4). The molecule has 0 atom stereocenters. The van der Waals surface area contributed by atoms with Crippen LogP contribution in [0.3, 0.4) is 0 Å². The van der Waals surface area contributed by atoms with Crippen LogP contribution >= 0.6 is 0 Å². The normalized spacial score (nSPS) is 12.8. The highest BCUT2D eigenvalue weighted by Gasteiger charge is 2.13. The molecule has 0 aliphatic carbocycles. The number of rotatable bonds is 2. The molecule has 6 N–H and O–H groups in total. The fraction of sp³-hybridized carbons (Fsp3) is 0.400. The molecule has 0 spiro atoms. The number of benzene rings is 1. The average molecular weight is 325 g/mol. The van der Waals surface area contributed by atoms with Crippen molar-refractivity contribution >= 4 is 17.8 Å². The van der Waals surface area contributed by atoms with E-state index in [1.54, 1.807) is 0 Å². The molecule has 1 aromatic rings. The first-order chi connectivity index (χ1) is 10.8. The van der Waals surface area contributed by atoms with Crippen LogP contribution in [-0.2, 0) is 4.79 Å². The molecule has 0 radical (unpaired) electrons. The van der Waals surface area contributed by atoms with Gasteiger partial charge in [0, 0.05) is 33.1 Å². The zero-order chi connectivity index (χ0) is 17.8. The third-order valence-corrected chi connectivity index (χ3v) is 2.75. The van der Waals surface area contributed by atoms with Crippen molar-refractivity contribution in [2.24, 2.45) is 5.73 Å². The zero-order valence-corrected chi connectivity index (χ0v) is 13.3. The van der Waals surface area contributed by atoms with Crippen LogP contribution in [0.2, 0.25) is 0 Å². The van der Waals surface area contributed by atoms with E-state index < -0.39 is 11.9 Å². The second kappa shape index (κ2) is 11.2. The van der Waals surface area contributed by atoms with Gasteiger partial charge >= 0.3 is 11.9 Å². The topological polar surface area (TPSA) is 142 Å². The maximum atomic E-state index is 10.6. The Bertz CT molecular complexity index is 494. The maximum Gasteiger partial charge on any atom is 0.335 e. The monoisotopic (exact) mass is 325 g/mol. The molecule has 0 aromatic heterocycles. The Morgan fingerprint density at radius 3 is 1.48 bits per heavy atom. The minimum atomic E-state index is -1.11. The zero-order valence-electron chi connectivity index (χ0n) is 13.3. The number of carboxylic acids is 2. The van der Waals surface area contributed by atoms with Crippen molar-refractivity contribution in [3.8, 4) is 0 Å². The second-order valence-electron chi connectivity index (χ2n) is 4.70. The van der Waals surface area contributed by atoms with Crippen molar-refractivity contribution in [2.45, 2.75) is 13.8 Å². The number of nitrogens with two attached hydrogens (primary N) is 1. The lowest BCUT2D eigenvalue weighted by Gasteiger charge is -2.11. The van der Waals surface area contributed by atoms with Crippen LogP contribution in [0.5, 0.6) is 0 Å². The van der Waals surface area contributed by atoms with Crippen LogP contribution < -0.4 is 16.4 Å². The summed E-state index contributed by atoms with van der Waals surface area (Å²) in [6, 6.07) is 4.17. The maximum absolute atomic E-state index is 10.6. The minimum Gasteiger partial charge on any atom is -0.478 e. The van der Waals surface area contributed by atoms with Crippen LogP contribution in [0.1, 0.15) is 33.2 Å². The van der Waals surface area contributed by atoms with E-state index >= 15 is 0 Å². The van der Waals surface area contributed by atoms with E-state index in [-0.39, 0.29) is 22.6 Å². The first kappa shape index (κ1) is 20.6. The summed E-state index contributed by atoms with van der Waals surface area (Å²) in [4.78, 5) is 30.4. The van der Waals surface area contributed by atoms with Gasteiger partial charge in [-0.15, -0.1) is 0 Å². The van der Waals surface area contributed by atoms with Gasteiger partial charge in [0.25, 0.3) is 0 Å². The number of piperazine rings is 1. The van der Waals surface area contributed by atoms with Gasteiger partial charge < -0.3 is 26.6 Å². The number of carbonyl (C=O) groups is 3. The molecule has 1 aromatic carbocycles. The van der Waals surface area contributed by atoms with Crippen LogP contribution in [0, 0.1) is 6.92 Å². The Kier molecular flexibility index (Phi) is 9.97. The van der Waals surface area contributed by atoms with Crippen LogP contribution in [0.15, 0.2) is 18.2 Å². The van der Waals surface area contributed by atoms with E-state index in [0.29, 0.717) is 0 Å². The molecular formula is C15H23N3O5. The molecule has 1 amide bonds. The van der Waals surface area contributed by atoms with Gasteiger partial charge in [-0.3, -0.25) is 4.79 Å². The Morgan fingerprint density at radius 1 is 0.957 bits per heavy atom. The highest BCUT2D eigenvalue weighted by Crippen LogP contribution is 2.13. The first-order valence-corrected chi connectivity index (χ1v) is 7.01. The lowest BCUT2D eigenvalue weighted by Crippen LogP contribution is -2.39. The van der Waals surface area contributed by atoms with Gasteiger partial charge in [0.05, 0.1) is 11.1 Å². The van der Waals surface area contributed by atoms with E-state index in [9.17, 15) is 14.4 Å². The summed E-state index contributed by atoms with van der Waals surface area (Å²) in [5.41, 5.74) is 4.81. The molecule has 2 rings (SSSR count). The molecule has 128 valence electrons. The van der Waals surface area contributed by atoms with E-state index in [2.05, 4.69) is 16.4 Å². The van der Waals surface area contributed by atoms with Gasteiger partial charge in [0.2, 0.25) is 5.91 Å². The Labute approximate surface area is 134 Å². The number of primary amides is 1. The van der Waals surface area contributed by atoms with E-state index in [4.69, 9.17) is 10.2 Å². The van der Waals surface area contributed by atoms with Crippen LogP contribution in [0.25, 0.3) is 0 Å². The molecule has 1 fully saturated rings. The predicted octanol–water partition coefficient (Wildman–Crippen LogP) is 0.0622. The average Bonchev–Trinajstić information content (AvgIpc) is 2.48. The van der Waals surface area contributed by atoms with Gasteiger partial charge in [0.15, 0.2) is 0 Å². The molecule has 0 bridgehead atoms. The molecule has 1 aliphatic heterocycles. The summed E-state index contributed by atoms with van der Waals surface area (Å²) in [5.74, 6) is -2.55. The molecular weight excluding hydrogens is 302 g/mol. The van der Waals surface area contributed by atoms with Crippen molar-refractivity contribution < 1.29 is 24.6 Å². The Hall–Kier alpha value is -2.45. The van der Waals surface area contributed by atoms with Gasteiger partial charge in [-0.25, -0.2) is 9.59 Å². The van der Waals surface area contributed by atoms with E-state index in [0.717, 1.165) is 26.2 Å². The van der Waals surface area contributed by atoms with Crippen LogP contribution in [-0.4, -0.2) is 54.2 Å². The SMILES string of the molecule is C1CNCCN1.CC(N)=O.Cc1c(C(=O)O)cccc1C(=O)O. The first-order valence-electron chi connectivity index (χ1n) is 7.01. The van der Waals surface area contributed by atoms with Crippen molar-refractivity contribution in [1.29, 1.82) is 0 Å². The molecule has 8 heteroatoms. The highest BCUT2D eigenvalue weighted by atomic mass is 16.4. The number of hydrogen-bond donors (Lipinski definition) is 5. The smallest absolute Gasteiger partial charge is 0.335 e. The van der Waals surface area contributed by atoms with Gasteiger partial charge in [-0.05, 0) is 24.6 Å². The lowest BCUT2D eigenvalue weighted by molar-refractivity contribution is -0.115. The molecule has 0 unspecified atom stereocenters. The summed E-state index contributed by atoms with van der Waals surface area (Å²) in [5, 5.41) is 23.8. The van der Waals surface area contributed by atoms with E-state index in [1.807, 2.05) is 0 Å². The van der Waals surface area contributed by atoms with Gasteiger partial charge in [-0.2, -0.15) is 0 Å². The molecule has 1 saturated heterocycles. The van der Waals surface area contributed by atoms with Crippen molar-refractivity contribution in [3.63, 3.8) is 0 Å². The number of aromatic carboxylic acids is 2. The summed E-state index contributed by atoms with van der Waals surface area (Å²) in [7, 11) is 0. The number of hydrogen-bond acceptors (Lipinski definition) is 5. The number of carboxylic acid groups (broad SMARTS) is 2. The number of nitrogens with one attached hydrogen (secondary N) is 2. The van der Waals surface area contributed by atoms with Crippen molar-refractivity contribution in [3.05, 3.63) is 34.9 Å². The largest absolute Gasteiger partial charge is 0.478 e.